The molecule has 0 aliphatic carbocycles. The van der Waals surface area contributed by atoms with Crippen LogP contribution in [0.1, 0.15) is 18.9 Å². The summed E-state index contributed by atoms with van der Waals surface area (Å²) in [4.78, 5) is 10.2. The number of sulfonamides is 1. The summed E-state index contributed by atoms with van der Waals surface area (Å²) in [5, 5.41) is 20.8. The first kappa shape index (κ1) is 14.9. The van der Waals surface area contributed by atoms with E-state index in [1.54, 1.807) is 6.92 Å². The lowest BCUT2D eigenvalue weighted by Gasteiger charge is -2.19. The third-order valence-corrected chi connectivity index (χ3v) is 5.48. The smallest absolute Gasteiger partial charge is 0.273 e. The van der Waals surface area contributed by atoms with Gasteiger partial charge in [0.1, 0.15) is 0 Å². The third kappa shape index (κ3) is 2.54. The number of hydrogen-bond donors (Lipinski definition) is 1. The van der Waals surface area contributed by atoms with Crippen molar-refractivity contribution in [3.63, 3.8) is 0 Å². The zero-order valence-electron chi connectivity index (χ0n) is 11.2. The summed E-state index contributed by atoms with van der Waals surface area (Å²) in [5.41, 5.74) is -1.16. The van der Waals surface area contributed by atoms with Crippen molar-refractivity contribution in [3.05, 3.63) is 33.9 Å². The van der Waals surface area contributed by atoms with E-state index in [0.29, 0.717) is 6.42 Å². The highest BCUT2D eigenvalue weighted by molar-refractivity contribution is 7.89. The summed E-state index contributed by atoms with van der Waals surface area (Å²) in [6.07, 6.45) is 0.347. The van der Waals surface area contributed by atoms with E-state index in [1.165, 1.54) is 29.4 Å². The van der Waals surface area contributed by atoms with Crippen molar-refractivity contribution in [2.75, 3.05) is 13.1 Å². The minimum atomic E-state index is -3.83. The lowest BCUT2D eigenvalue weighted by molar-refractivity contribution is -0.385. The van der Waals surface area contributed by atoms with E-state index in [4.69, 9.17) is 0 Å². The van der Waals surface area contributed by atoms with Crippen molar-refractivity contribution < 1.29 is 18.4 Å². The van der Waals surface area contributed by atoms with Crippen LogP contribution in [0.15, 0.2) is 23.1 Å². The van der Waals surface area contributed by atoms with Crippen LogP contribution in [0.2, 0.25) is 0 Å². The second-order valence-electron chi connectivity index (χ2n) is 5.24. The molecule has 8 heteroatoms. The Labute approximate surface area is 117 Å². The lowest BCUT2D eigenvalue weighted by atomic mass is 10.1. The molecule has 1 atom stereocenters. The first-order valence-corrected chi connectivity index (χ1v) is 7.56. The maximum Gasteiger partial charge on any atom is 0.273 e. The number of rotatable bonds is 3. The van der Waals surface area contributed by atoms with E-state index in [0.717, 1.165) is 0 Å². The van der Waals surface area contributed by atoms with Gasteiger partial charge in [-0.25, -0.2) is 8.42 Å². The van der Waals surface area contributed by atoms with Crippen LogP contribution < -0.4 is 0 Å². The average Bonchev–Trinajstić information content (AvgIpc) is 2.70. The number of hydrogen-bond acceptors (Lipinski definition) is 5. The fraction of sp³-hybridized carbons (Fsp3) is 0.500. The Kier molecular flexibility index (Phi) is 3.57. The standard InChI is InChI=1S/C12H16N2O5S/c1-9-10(14(16)17)4-3-5-11(9)20(18,19)13-7-6-12(2,15)8-13/h3-5,15H,6-8H2,1-2H3. The van der Waals surface area contributed by atoms with Crippen molar-refractivity contribution in [3.8, 4) is 0 Å². The van der Waals surface area contributed by atoms with Gasteiger partial charge in [-0.3, -0.25) is 10.1 Å². The molecule has 0 radical (unpaired) electrons. The van der Waals surface area contributed by atoms with Crippen LogP contribution in [-0.2, 0) is 10.0 Å². The van der Waals surface area contributed by atoms with Crippen molar-refractivity contribution in [1.82, 2.24) is 4.31 Å². The lowest BCUT2D eigenvalue weighted by Crippen LogP contribution is -2.34. The highest BCUT2D eigenvalue weighted by Crippen LogP contribution is 2.31. The zero-order chi connectivity index (χ0) is 15.1. The second-order valence-corrected chi connectivity index (χ2v) is 7.15. The van der Waals surface area contributed by atoms with Crippen molar-refractivity contribution in [1.29, 1.82) is 0 Å². The van der Waals surface area contributed by atoms with E-state index < -0.39 is 20.5 Å². The van der Waals surface area contributed by atoms with Crippen molar-refractivity contribution >= 4 is 15.7 Å². The van der Waals surface area contributed by atoms with E-state index >= 15 is 0 Å². The maximum atomic E-state index is 12.5. The molecule has 0 saturated carbocycles. The molecule has 1 aliphatic rings. The van der Waals surface area contributed by atoms with Crippen molar-refractivity contribution in [2.45, 2.75) is 30.8 Å². The Morgan fingerprint density at radius 1 is 1.45 bits per heavy atom. The Bertz CT molecular complexity index is 654. The molecule has 1 saturated heterocycles. The van der Waals surface area contributed by atoms with Gasteiger partial charge in [0.25, 0.3) is 5.69 Å². The van der Waals surface area contributed by atoms with Crippen LogP contribution in [0, 0.1) is 17.0 Å². The fourth-order valence-corrected chi connectivity index (χ4v) is 4.13. The normalized spacial score (nSPS) is 23.9. The Hall–Kier alpha value is -1.51. The van der Waals surface area contributed by atoms with Gasteiger partial charge in [-0.05, 0) is 26.3 Å². The molecule has 20 heavy (non-hydrogen) atoms. The highest BCUT2D eigenvalue weighted by Gasteiger charge is 2.39. The quantitative estimate of drug-likeness (QED) is 0.664. The van der Waals surface area contributed by atoms with Gasteiger partial charge in [0, 0.05) is 24.7 Å². The third-order valence-electron chi connectivity index (χ3n) is 3.49. The molecule has 1 aromatic rings. The van der Waals surface area contributed by atoms with E-state index in [-0.39, 0.29) is 29.2 Å². The summed E-state index contributed by atoms with van der Waals surface area (Å²) in [5.74, 6) is 0. The predicted molar refractivity (Wildman–Crippen MR) is 71.8 cm³/mol. The van der Waals surface area contributed by atoms with Gasteiger partial charge in [-0.2, -0.15) is 4.31 Å². The Balaban J connectivity index is 2.46. The van der Waals surface area contributed by atoms with Crippen LogP contribution in [-0.4, -0.2) is 41.4 Å². The molecule has 0 amide bonds. The topological polar surface area (TPSA) is 101 Å². The molecule has 1 heterocycles. The molecule has 1 N–H and O–H groups in total. The summed E-state index contributed by atoms with van der Waals surface area (Å²) in [6, 6.07) is 3.98. The molecule has 1 fully saturated rings. The molecule has 110 valence electrons. The highest BCUT2D eigenvalue weighted by atomic mass is 32.2. The monoisotopic (exact) mass is 300 g/mol. The maximum absolute atomic E-state index is 12.5. The molecule has 0 bridgehead atoms. The van der Waals surface area contributed by atoms with Gasteiger partial charge in [-0.15, -0.1) is 0 Å². The van der Waals surface area contributed by atoms with Crippen LogP contribution in [0.5, 0.6) is 0 Å². The number of nitro groups is 1. The number of β-amino-alcohol motifs (C(OH)–C–C–N with tert-alkyl or cyclic N) is 1. The largest absolute Gasteiger partial charge is 0.389 e. The van der Waals surface area contributed by atoms with Crippen LogP contribution >= 0.6 is 0 Å². The Morgan fingerprint density at radius 3 is 2.60 bits per heavy atom. The minimum Gasteiger partial charge on any atom is -0.389 e. The average molecular weight is 300 g/mol. The molecule has 7 nitrogen and oxygen atoms in total. The molecule has 1 unspecified atom stereocenters. The molecule has 2 rings (SSSR count). The number of benzene rings is 1. The first-order chi connectivity index (χ1) is 9.15. The van der Waals surface area contributed by atoms with E-state index in [9.17, 15) is 23.6 Å². The fourth-order valence-electron chi connectivity index (χ4n) is 2.33. The Morgan fingerprint density at radius 2 is 2.10 bits per heavy atom. The second kappa shape index (κ2) is 4.80. The molecular weight excluding hydrogens is 284 g/mol. The molecule has 1 aromatic carbocycles. The predicted octanol–water partition coefficient (Wildman–Crippen LogP) is 1.05. The summed E-state index contributed by atoms with van der Waals surface area (Å²) in [7, 11) is -3.83. The first-order valence-electron chi connectivity index (χ1n) is 6.12. The van der Waals surface area contributed by atoms with Crippen LogP contribution in [0.4, 0.5) is 5.69 Å². The van der Waals surface area contributed by atoms with Gasteiger partial charge in [-0.1, -0.05) is 6.07 Å². The molecule has 1 aliphatic heterocycles. The van der Waals surface area contributed by atoms with Gasteiger partial charge >= 0.3 is 0 Å². The van der Waals surface area contributed by atoms with Gasteiger partial charge in [0.2, 0.25) is 10.0 Å². The van der Waals surface area contributed by atoms with Crippen LogP contribution in [0.25, 0.3) is 0 Å². The van der Waals surface area contributed by atoms with Crippen molar-refractivity contribution in [2.24, 2.45) is 0 Å². The summed E-state index contributed by atoms with van der Waals surface area (Å²) < 4.78 is 26.2. The van der Waals surface area contributed by atoms with Gasteiger partial charge in [0.15, 0.2) is 0 Å². The zero-order valence-corrected chi connectivity index (χ0v) is 12.1. The summed E-state index contributed by atoms with van der Waals surface area (Å²) >= 11 is 0. The molecule has 0 spiro atoms. The van der Waals surface area contributed by atoms with Gasteiger partial charge in [0.05, 0.1) is 15.4 Å². The van der Waals surface area contributed by atoms with E-state index in [2.05, 4.69) is 0 Å². The molecule has 0 aromatic heterocycles. The number of aliphatic hydroxyl groups is 1. The van der Waals surface area contributed by atoms with E-state index in [1.807, 2.05) is 0 Å². The number of nitrogens with zero attached hydrogens (tertiary/aromatic N) is 2. The van der Waals surface area contributed by atoms with Gasteiger partial charge < -0.3 is 5.11 Å². The minimum absolute atomic E-state index is 0.00251. The summed E-state index contributed by atoms with van der Waals surface area (Å²) in [6.45, 7) is 3.19. The SMILES string of the molecule is Cc1c([N+](=O)[O-])cccc1S(=O)(=O)N1CCC(C)(O)C1. The number of nitro benzene ring substituents is 1. The molecular formula is C12H16N2O5S. The van der Waals surface area contributed by atoms with Crippen LogP contribution in [0.3, 0.4) is 0 Å².